The Morgan fingerprint density at radius 2 is 1.86 bits per heavy atom. The Bertz CT molecular complexity index is 360. The lowest BCUT2D eigenvalue weighted by atomic mass is 10.2. The molecule has 0 aliphatic heterocycles. The molecule has 0 atom stereocenters. The molecule has 0 fully saturated rings. The number of phenolic OH excluding ortho intramolecular Hbond substituents is 2. The summed E-state index contributed by atoms with van der Waals surface area (Å²) in [5.41, 5.74) is 0.512. The summed E-state index contributed by atoms with van der Waals surface area (Å²) in [6.45, 7) is 0. The van der Waals surface area contributed by atoms with E-state index >= 15 is 0 Å². The van der Waals surface area contributed by atoms with Crippen molar-refractivity contribution in [2.45, 2.75) is 0 Å². The molecule has 14 heavy (non-hydrogen) atoms. The van der Waals surface area contributed by atoms with E-state index in [1.807, 2.05) is 0 Å². The smallest absolute Gasteiger partial charge is 0.328 e. The number of carbonyl (C=O) groups is 1. The fraction of sp³-hybridized carbons (Fsp3) is 0. The molecule has 0 amide bonds. The summed E-state index contributed by atoms with van der Waals surface area (Å²) >= 11 is 0. The van der Waals surface area contributed by atoms with Crippen LogP contribution in [0.25, 0.3) is 6.08 Å². The zero-order valence-electron chi connectivity index (χ0n) is 6.64. The quantitative estimate of drug-likeness (QED) is 0.369. The van der Waals surface area contributed by atoms with Crippen molar-refractivity contribution in [3.63, 3.8) is 0 Å². The van der Waals surface area contributed by atoms with E-state index in [0.717, 1.165) is 6.08 Å². The monoisotopic (exact) mass is 206 g/mol. The molecule has 0 heterocycles. The SMILES string of the molecule is O=C(O)/C=C/c1ccc(O)c(O)c1.[MgH2]. The van der Waals surface area contributed by atoms with Gasteiger partial charge in [0.2, 0.25) is 0 Å². The summed E-state index contributed by atoms with van der Waals surface area (Å²) < 4.78 is 0. The second-order valence-electron chi connectivity index (χ2n) is 2.42. The normalized spacial score (nSPS) is 9.71. The number of carboxylic acid groups (broad SMARTS) is 1. The van der Waals surface area contributed by atoms with Crippen LogP contribution in [0.2, 0.25) is 0 Å². The first kappa shape index (κ1) is 12.8. The molecule has 0 radical (unpaired) electrons. The van der Waals surface area contributed by atoms with Crippen LogP contribution >= 0.6 is 0 Å². The van der Waals surface area contributed by atoms with Gasteiger partial charge in [0, 0.05) is 6.08 Å². The van der Waals surface area contributed by atoms with Crippen LogP contribution in [0.15, 0.2) is 24.3 Å². The van der Waals surface area contributed by atoms with Crippen LogP contribution in [0.3, 0.4) is 0 Å². The van der Waals surface area contributed by atoms with Crippen LogP contribution in [-0.2, 0) is 4.79 Å². The standard InChI is InChI=1S/C9H8O4.Mg.2H/c10-7-3-1-6(5-8(7)11)2-4-9(12)13;;;/h1-5,10-11H,(H,12,13);;;/b4-2+;;;. The highest BCUT2D eigenvalue weighted by Crippen LogP contribution is 2.25. The summed E-state index contributed by atoms with van der Waals surface area (Å²) in [5, 5.41) is 26.3. The third kappa shape index (κ3) is 3.67. The lowest BCUT2D eigenvalue weighted by molar-refractivity contribution is -0.131. The van der Waals surface area contributed by atoms with Gasteiger partial charge in [0.05, 0.1) is 0 Å². The molecule has 0 unspecified atom stereocenters. The summed E-state index contributed by atoms with van der Waals surface area (Å²) in [7, 11) is 0. The molecule has 0 spiro atoms. The third-order valence-electron chi connectivity index (χ3n) is 1.42. The van der Waals surface area contributed by atoms with E-state index in [9.17, 15) is 4.79 Å². The van der Waals surface area contributed by atoms with Crippen molar-refractivity contribution in [2.75, 3.05) is 0 Å². The van der Waals surface area contributed by atoms with Crippen molar-refractivity contribution in [2.24, 2.45) is 0 Å². The Hall–Kier alpha value is -1.20. The van der Waals surface area contributed by atoms with Gasteiger partial charge in [0.15, 0.2) is 11.5 Å². The summed E-state index contributed by atoms with van der Waals surface area (Å²) in [4.78, 5) is 10.1. The predicted molar refractivity (Wildman–Crippen MR) is 55.0 cm³/mol. The van der Waals surface area contributed by atoms with Crippen LogP contribution in [0.5, 0.6) is 11.5 Å². The maximum atomic E-state index is 10.1. The van der Waals surface area contributed by atoms with Crippen LogP contribution in [-0.4, -0.2) is 44.3 Å². The van der Waals surface area contributed by atoms with Gasteiger partial charge >= 0.3 is 29.0 Å². The van der Waals surface area contributed by atoms with E-state index in [4.69, 9.17) is 15.3 Å². The Kier molecular flexibility index (Phi) is 5.04. The number of hydrogen-bond acceptors (Lipinski definition) is 3. The second-order valence-corrected chi connectivity index (χ2v) is 2.42. The molecule has 4 nitrogen and oxygen atoms in total. The van der Waals surface area contributed by atoms with Crippen molar-refractivity contribution >= 4 is 35.1 Å². The van der Waals surface area contributed by atoms with Gasteiger partial charge in [-0.25, -0.2) is 4.79 Å². The largest absolute Gasteiger partial charge is 0.504 e. The highest BCUT2D eigenvalue weighted by atomic mass is 24.3. The fourth-order valence-electron chi connectivity index (χ4n) is 0.812. The first-order chi connectivity index (χ1) is 6.09. The van der Waals surface area contributed by atoms with Crippen LogP contribution in [0.4, 0.5) is 0 Å². The molecular formula is C9H10MgO4. The minimum absolute atomic E-state index is 0. The first-order valence-electron chi connectivity index (χ1n) is 3.52. The van der Waals surface area contributed by atoms with E-state index in [2.05, 4.69) is 0 Å². The molecule has 0 aliphatic rings. The molecule has 3 N–H and O–H groups in total. The van der Waals surface area contributed by atoms with Gasteiger partial charge < -0.3 is 15.3 Å². The van der Waals surface area contributed by atoms with E-state index < -0.39 is 5.97 Å². The first-order valence-corrected chi connectivity index (χ1v) is 3.52. The number of aliphatic carboxylic acids is 1. The van der Waals surface area contributed by atoms with Gasteiger partial charge in [-0.2, -0.15) is 0 Å². The van der Waals surface area contributed by atoms with E-state index in [-0.39, 0.29) is 34.6 Å². The number of aromatic hydroxyl groups is 2. The third-order valence-corrected chi connectivity index (χ3v) is 1.42. The molecule has 0 aliphatic carbocycles. The zero-order valence-corrected chi connectivity index (χ0v) is 6.64. The maximum Gasteiger partial charge on any atom is 0.328 e. The van der Waals surface area contributed by atoms with E-state index in [0.29, 0.717) is 5.56 Å². The van der Waals surface area contributed by atoms with Crippen molar-refractivity contribution in [1.29, 1.82) is 0 Å². The van der Waals surface area contributed by atoms with Crippen LogP contribution in [0.1, 0.15) is 5.56 Å². The lowest BCUT2D eigenvalue weighted by Gasteiger charge is -1.97. The number of hydrogen-bond donors (Lipinski definition) is 3. The average Bonchev–Trinajstić information content (AvgIpc) is 2.07. The molecule has 1 rings (SSSR count). The van der Waals surface area contributed by atoms with Gasteiger partial charge in [0.1, 0.15) is 0 Å². The topological polar surface area (TPSA) is 77.8 Å². The number of benzene rings is 1. The second kappa shape index (κ2) is 5.51. The molecule has 5 heteroatoms. The molecule has 0 bridgehead atoms. The van der Waals surface area contributed by atoms with Crippen molar-refractivity contribution in [1.82, 2.24) is 0 Å². The minimum atomic E-state index is -1.06. The van der Waals surface area contributed by atoms with Crippen molar-refractivity contribution in [3.8, 4) is 11.5 Å². The lowest BCUT2D eigenvalue weighted by Crippen LogP contribution is -1.85. The van der Waals surface area contributed by atoms with E-state index in [1.54, 1.807) is 0 Å². The predicted octanol–water partition coefficient (Wildman–Crippen LogP) is 0.279. The fourth-order valence-corrected chi connectivity index (χ4v) is 0.812. The van der Waals surface area contributed by atoms with Gasteiger partial charge in [-0.3, -0.25) is 0 Å². The molecule has 72 valence electrons. The zero-order chi connectivity index (χ0) is 9.84. The number of phenols is 2. The number of carboxylic acids is 1. The maximum absolute atomic E-state index is 10.1. The molecule has 1 aromatic carbocycles. The van der Waals surface area contributed by atoms with Crippen LogP contribution < -0.4 is 0 Å². The Morgan fingerprint density at radius 1 is 1.21 bits per heavy atom. The summed E-state index contributed by atoms with van der Waals surface area (Å²) in [6, 6.07) is 4.06. The molecule has 0 saturated heterocycles. The average molecular weight is 206 g/mol. The van der Waals surface area contributed by atoms with Crippen molar-refractivity contribution in [3.05, 3.63) is 29.8 Å². The van der Waals surface area contributed by atoms with Crippen molar-refractivity contribution < 1.29 is 20.1 Å². The van der Waals surface area contributed by atoms with Crippen LogP contribution in [0, 0.1) is 0 Å². The Morgan fingerprint density at radius 3 is 2.36 bits per heavy atom. The van der Waals surface area contributed by atoms with Gasteiger partial charge in [-0.15, -0.1) is 0 Å². The van der Waals surface area contributed by atoms with Gasteiger partial charge in [0.25, 0.3) is 0 Å². The Balaban J connectivity index is 0.00000169. The minimum Gasteiger partial charge on any atom is -0.504 e. The molecule has 1 aromatic rings. The highest BCUT2D eigenvalue weighted by Gasteiger charge is 1.97. The Labute approximate surface area is 96.7 Å². The van der Waals surface area contributed by atoms with E-state index in [1.165, 1.54) is 24.3 Å². The summed E-state index contributed by atoms with van der Waals surface area (Å²) in [6.07, 6.45) is 2.27. The van der Waals surface area contributed by atoms with Gasteiger partial charge in [-0.1, -0.05) is 6.07 Å². The van der Waals surface area contributed by atoms with Gasteiger partial charge in [-0.05, 0) is 23.8 Å². The molecule has 0 aromatic heterocycles. The highest BCUT2D eigenvalue weighted by molar-refractivity contribution is 5.85. The summed E-state index contributed by atoms with van der Waals surface area (Å²) in [5.74, 6) is -1.56. The molecule has 0 saturated carbocycles. The molecular weight excluding hydrogens is 196 g/mol. The number of rotatable bonds is 2.